The minimum atomic E-state index is 0. The van der Waals surface area contributed by atoms with Crippen molar-refractivity contribution in [3.05, 3.63) is 539 Å². The van der Waals surface area contributed by atoms with Gasteiger partial charge in [0.15, 0.2) is 0 Å². The first-order chi connectivity index (χ1) is 66.0. The van der Waals surface area contributed by atoms with Crippen LogP contribution in [0.4, 0.5) is 0 Å². The minimum absolute atomic E-state index is 0. The summed E-state index contributed by atoms with van der Waals surface area (Å²) < 4.78 is 0. The first-order valence-electron chi connectivity index (χ1n) is 45.0. The summed E-state index contributed by atoms with van der Waals surface area (Å²) in [5.41, 5.74) is 39.7. The molecule has 0 fully saturated rings. The van der Waals surface area contributed by atoms with Crippen LogP contribution in [0.5, 0.6) is 0 Å². The maximum atomic E-state index is 4.36. The SMILES string of the molecule is Cc1ccc(-c2[c-]ccc(C)c2)nc1.Cc1ccc(-c2[c-]ccc(C)c2)nc1.Cc1ccc(-c2[c-]ccc(C)c2)nc1.Cc1ccc(-c2[c-]ccc(C)c2)nc1.Cc1ccc(-c2[c-]ccc(C)c2)nc1.Cc1ccc(-c2[c-]ccc(C)c2)nc1.Cc1ccc(-c2[c-]cccc2)nc1.Cc1ccc(-c2[c-]cccc2)nc1.Cc1ccnc(-c2[c-]cccc2)c1.Cc1ccnc(-c2[c-]cccc2)c1.[Ir].[Ir].[Ir].[Ir].[Ir]. The number of pyridine rings is 10. The molecule has 0 saturated heterocycles. The zero-order valence-electron chi connectivity index (χ0n) is 82.1. The summed E-state index contributed by atoms with van der Waals surface area (Å²) >= 11 is 0. The van der Waals surface area contributed by atoms with Gasteiger partial charge in [0.1, 0.15) is 0 Å². The Kier molecular flexibility index (Phi) is 52.0. The Morgan fingerprint density at radius 2 is 0.284 bits per heavy atom. The van der Waals surface area contributed by atoms with Gasteiger partial charge in [-0.3, -0.25) is 0 Å². The molecule has 10 heterocycles. The second-order valence-corrected chi connectivity index (χ2v) is 33.0. The third-order valence-electron chi connectivity index (χ3n) is 20.5. The zero-order valence-corrected chi connectivity index (χ0v) is 94.1. The van der Waals surface area contributed by atoms with E-state index < -0.39 is 0 Å². The van der Waals surface area contributed by atoms with Gasteiger partial charge in [0, 0.05) is 162 Å². The fourth-order valence-electron chi connectivity index (χ4n) is 13.0. The molecule has 0 bridgehead atoms. The summed E-state index contributed by atoms with van der Waals surface area (Å²) in [6.45, 7) is 32.9. The van der Waals surface area contributed by atoms with Crippen molar-refractivity contribution >= 4 is 0 Å². The summed E-state index contributed by atoms with van der Waals surface area (Å²) in [6, 6.07) is 140. The molecule has 15 heteroatoms. The molecule has 10 aromatic heterocycles. The molecule has 0 aliphatic carbocycles. The van der Waals surface area contributed by atoms with E-state index in [4.69, 9.17) is 0 Å². The average Bonchev–Trinajstić information content (AvgIpc) is 0.836. The fourth-order valence-corrected chi connectivity index (χ4v) is 13.0. The van der Waals surface area contributed by atoms with E-state index >= 15 is 0 Å². The van der Waals surface area contributed by atoms with Crippen LogP contribution < -0.4 is 0 Å². The molecule has 0 atom stereocenters. The minimum Gasteiger partial charge on any atom is -0.305 e. The standard InChI is InChI=1S/6C13H12N.4C12H10N.5Ir/c6*1-10-4-3-5-12(8-10)13-7-6-11(2)9-14-13;2*1-10-7-8-13-12(9-10)11-5-3-2-4-6-11;2*1-10-7-8-12(13-9-10)11-5-3-2-4-6-11;;;;;/h6*3-4,6-9H,1-2H3;4*2-5,7-9H,1H3;;;;;/q10*-1;;;;;. The van der Waals surface area contributed by atoms with Gasteiger partial charge in [-0.1, -0.05) is 162 Å². The third kappa shape index (κ3) is 41.3. The van der Waals surface area contributed by atoms with Gasteiger partial charge in [0.05, 0.1) is 0 Å². The predicted octanol–water partition coefficient (Wildman–Crippen LogP) is 30.4. The molecule has 5 radical (unpaired) electrons. The molecule has 0 N–H and O–H groups in total. The second kappa shape index (κ2) is 62.9. The molecule has 0 aliphatic heterocycles. The van der Waals surface area contributed by atoms with Crippen LogP contribution in [-0.4, -0.2) is 49.8 Å². The van der Waals surface area contributed by atoms with Crippen LogP contribution in [0.3, 0.4) is 0 Å². The summed E-state index contributed by atoms with van der Waals surface area (Å²) in [7, 11) is 0. The molecule has 141 heavy (non-hydrogen) atoms. The van der Waals surface area contributed by atoms with Crippen LogP contribution in [0.2, 0.25) is 0 Å². The van der Waals surface area contributed by atoms with Gasteiger partial charge >= 0.3 is 0 Å². The molecule has 721 valence electrons. The molecule has 0 unspecified atom stereocenters. The van der Waals surface area contributed by atoms with Crippen molar-refractivity contribution in [3.63, 3.8) is 0 Å². The zero-order chi connectivity index (χ0) is 96.2. The van der Waals surface area contributed by atoms with Crippen molar-refractivity contribution in [1.82, 2.24) is 49.8 Å². The first-order valence-corrected chi connectivity index (χ1v) is 45.0. The number of aryl methyl sites for hydroxylation is 16. The Morgan fingerprint density at radius 3 is 0.426 bits per heavy atom. The molecular formula is C126H112Ir5N10-10. The molecular weight excluding hydrogens is 2610 g/mol. The number of rotatable bonds is 10. The molecule has 0 amide bonds. The molecule has 10 aromatic carbocycles. The number of benzene rings is 10. The van der Waals surface area contributed by atoms with E-state index in [1.807, 2.05) is 348 Å². The van der Waals surface area contributed by atoms with Crippen LogP contribution in [0.15, 0.2) is 390 Å². The van der Waals surface area contributed by atoms with E-state index in [-0.39, 0.29) is 101 Å². The number of hydrogen-bond acceptors (Lipinski definition) is 10. The Hall–Kier alpha value is -13.1. The Balaban J connectivity index is 0.000000239. The van der Waals surface area contributed by atoms with Crippen molar-refractivity contribution in [2.45, 2.75) is 111 Å². The van der Waals surface area contributed by atoms with Crippen molar-refractivity contribution in [3.8, 4) is 113 Å². The second-order valence-electron chi connectivity index (χ2n) is 33.0. The predicted molar refractivity (Wildman–Crippen MR) is 561 cm³/mol. The summed E-state index contributed by atoms with van der Waals surface area (Å²) in [5.74, 6) is 0. The normalized spacial score (nSPS) is 9.70. The molecule has 20 rings (SSSR count). The largest absolute Gasteiger partial charge is 0.305 e. The monoisotopic (exact) mass is 2730 g/mol. The van der Waals surface area contributed by atoms with Gasteiger partial charge in [-0.05, 0) is 183 Å². The Morgan fingerprint density at radius 1 is 0.128 bits per heavy atom. The van der Waals surface area contributed by atoms with E-state index in [2.05, 4.69) is 263 Å². The van der Waals surface area contributed by atoms with E-state index in [1.165, 1.54) is 89.0 Å². The molecule has 20 aromatic rings. The fraction of sp³-hybridized carbons (Fsp3) is 0.127. The van der Waals surface area contributed by atoms with Gasteiger partial charge < -0.3 is 49.8 Å². The summed E-state index contributed by atoms with van der Waals surface area (Å²) in [4.78, 5) is 43.3. The molecule has 10 nitrogen and oxygen atoms in total. The Bertz CT molecular complexity index is 6120. The van der Waals surface area contributed by atoms with Crippen molar-refractivity contribution in [1.29, 1.82) is 0 Å². The topological polar surface area (TPSA) is 129 Å². The van der Waals surface area contributed by atoms with Crippen molar-refractivity contribution in [2.24, 2.45) is 0 Å². The van der Waals surface area contributed by atoms with Gasteiger partial charge in [-0.15, -0.1) is 356 Å². The quantitative estimate of drug-likeness (QED) is 0.122. The van der Waals surface area contributed by atoms with E-state index in [0.717, 1.165) is 113 Å². The van der Waals surface area contributed by atoms with E-state index in [9.17, 15) is 0 Å². The maximum absolute atomic E-state index is 4.36. The molecule has 0 saturated carbocycles. The van der Waals surface area contributed by atoms with Crippen molar-refractivity contribution < 1.29 is 101 Å². The van der Waals surface area contributed by atoms with Crippen LogP contribution in [0, 0.1) is 171 Å². The van der Waals surface area contributed by atoms with Gasteiger partial charge in [-0.25, -0.2) is 0 Å². The van der Waals surface area contributed by atoms with E-state index in [1.54, 1.807) is 0 Å². The number of hydrogen-bond donors (Lipinski definition) is 0. The van der Waals surface area contributed by atoms with Crippen LogP contribution in [-0.2, 0) is 101 Å². The van der Waals surface area contributed by atoms with Crippen molar-refractivity contribution in [2.75, 3.05) is 0 Å². The van der Waals surface area contributed by atoms with Gasteiger partial charge in [0.2, 0.25) is 0 Å². The van der Waals surface area contributed by atoms with Crippen LogP contribution in [0.1, 0.15) is 89.0 Å². The smallest absolute Gasteiger partial charge is 0.0190 e. The third-order valence-corrected chi connectivity index (χ3v) is 20.5. The molecule has 0 aliphatic rings. The number of nitrogens with zero attached hydrogens (tertiary/aromatic N) is 10. The first kappa shape index (κ1) is 117. The number of aromatic nitrogens is 10. The van der Waals surface area contributed by atoms with Crippen LogP contribution >= 0.6 is 0 Å². The van der Waals surface area contributed by atoms with E-state index in [0.29, 0.717) is 0 Å². The van der Waals surface area contributed by atoms with Gasteiger partial charge in [-0.2, -0.15) is 0 Å². The summed E-state index contributed by atoms with van der Waals surface area (Å²) in [6.07, 6.45) is 18.7. The molecule has 0 spiro atoms. The average molecular weight is 2730 g/mol. The maximum Gasteiger partial charge on any atom is 0.0190 e. The van der Waals surface area contributed by atoms with Crippen LogP contribution in [0.25, 0.3) is 113 Å². The van der Waals surface area contributed by atoms with Gasteiger partial charge in [0.25, 0.3) is 0 Å². The Labute approximate surface area is 904 Å². The summed E-state index contributed by atoms with van der Waals surface area (Å²) in [5, 5.41) is 0.